The molecular weight excluding hydrogens is 342 g/mol. The van der Waals surface area contributed by atoms with Crippen molar-refractivity contribution in [1.29, 1.82) is 5.26 Å². The lowest BCUT2D eigenvalue weighted by molar-refractivity contribution is -0.117. The van der Waals surface area contributed by atoms with Crippen molar-refractivity contribution in [3.63, 3.8) is 0 Å². The minimum Gasteiger partial charge on any atom is -0.457 e. The van der Waals surface area contributed by atoms with E-state index in [1.165, 1.54) is 6.20 Å². The average Bonchev–Trinajstić information content (AvgIpc) is 2.70. The number of amides is 1. The first kappa shape index (κ1) is 20.0. The highest BCUT2D eigenvalue weighted by Crippen LogP contribution is 2.22. The Bertz CT molecular complexity index is 781. The Morgan fingerprint density at radius 1 is 1.11 bits per heavy atom. The average molecular weight is 365 g/mol. The number of nitrogens with one attached hydrogen (secondary N) is 2. The summed E-state index contributed by atoms with van der Waals surface area (Å²) in [6, 6.07) is 18.6. The number of carbonyl (C=O) groups excluding carboxylic acids is 1. The van der Waals surface area contributed by atoms with Crippen LogP contribution >= 0.6 is 0 Å². The number of hydrogen-bond acceptors (Lipinski definition) is 5. The standard InChI is InChI=1S/C21H23N3O3/c1-2-26-14-6-13-23-21(25)17(15-22)16-24-18-9-11-20(12-10-18)27-19-7-4-3-5-8-19/h3-5,7-12,16,24H,2,6,13-14H2,1H3,(H,23,25)/b17-16-. The zero-order valence-corrected chi connectivity index (χ0v) is 15.3. The number of hydrogen-bond donors (Lipinski definition) is 2. The molecule has 0 bridgehead atoms. The second-order valence-corrected chi connectivity index (χ2v) is 5.56. The van der Waals surface area contributed by atoms with Gasteiger partial charge < -0.3 is 20.1 Å². The Kier molecular flexibility index (Phi) is 8.41. The Morgan fingerprint density at radius 3 is 2.48 bits per heavy atom. The van der Waals surface area contributed by atoms with Crippen molar-refractivity contribution in [2.75, 3.05) is 25.1 Å². The molecular formula is C21H23N3O3. The number of para-hydroxylation sites is 1. The summed E-state index contributed by atoms with van der Waals surface area (Å²) >= 11 is 0. The molecule has 0 unspecified atom stereocenters. The van der Waals surface area contributed by atoms with Crippen molar-refractivity contribution >= 4 is 11.6 Å². The van der Waals surface area contributed by atoms with Gasteiger partial charge in [0, 0.05) is 31.6 Å². The van der Waals surface area contributed by atoms with Crippen molar-refractivity contribution in [2.24, 2.45) is 0 Å². The predicted molar refractivity (Wildman–Crippen MR) is 104 cm³/mol. The van der Waals surface area contributed by atoms with Crippen LogP contribution < -0.4 is 15.4 Å². The third kappa shape index (κ3) is 7.22. The van der Waals surface area contributed by atoms with Crippen LogP contribution in [0.5, 0.6) is 11.5 Å². The SMILES string of the molecule is CCOCCCNC(=O)/C(C#N)=C\Nc1ccc(Oc2ccccc2)cc1. The fourth-order valence-electron chi connectivity index (χ4n) is 2.16. The third-order valence-electron chi connectivity index (χ3n) is 3.54. The maximum Gasteiger partial charge on any atom is 0.263 e. The van der Waals surface area contributed by atoms with Gasteiger partial charge >= 0.3 is 0 Å². The second kappa shape index (κ2) is 11.3. The molecule has 0 heterocycles. The molecule has 0 aliphatic rings. The first-order valence-corrected chi connectivity index (χ1v) is 8.78. The highest BCUT2D eigenvalue weighted by Gasteiger charge is 2.07. The highest BCUT2D eigenvalue weighted by molar-refractivity contribution is 5.97. The number of anilines is 1. The largest absolute Gasteiger partial charge is 0.457 e. The fraction of sp³-hybridized carbons (Fsp3) is 0.238. The topological polar surface area (TPSA) is 83.4 Å². The molecule has 1 amide bonds. The summed E-state index contributed by atoms with van der Waals surface area (Å²) in [5.74, 6) is 1.04. The van der Waals surface area contributed by atoms with Gasteiger partial charge in [-0.25, -0.2) is 0 Å². The second-order valence-electron chi connectivity index (χ2n) is 5.56. The molecule has 2 rings (SSSR count). The van der Waals surface area contributed by atoms with Crippen LogP contribution in [0.25, 0.3) is 0 Å². The maximum atomic E-state index is 12.0. The molecule has 2 aromatic rings. The van der Waals surface area contributed by atoms with Gasteiger partial charge in [-0.15, -0.1) is 0 Å². The van der Waals surface area contributed by atoms with Crippen LogP contribution in [0.4, 0.5) is 5.69 Å². The molecule has 0 aromatic heterocycles. The van der Waals surface area contributed by atoms with E-state index in [0.717, 1.165) is 11.4 Å². The zero-order valence-electron chi connectivity index (χ0n) is 15.3. The van der Waals surface area contributed by atoms with Crippen molar-refractivity contribution < 1.29 is 14.3 Å². The van der Waals surface area contributed by atoms with Crippen LogP contribution in [-0.2, 0) is 9.53 Å². The van der Waals surface area contributed by atoms with E-state index < -0.39 is 5.91 Å². The monoisotopic (exact) mass is 365 g/mol. The molecule has 27 heavy (non-hydrogen) atoms. The molecule has 2 aromatic carbocycles. The van der Waals surface area contributed by atoms with Crippen LogP contribution in [0.1, 0.15) is 13.3 Å². The Hall–Kier alpha value is -3.30. The van der Waals surface area contributed by atoms with Crippen molar-refractivity contribution in [1.82, 2.24) is 5.32 Å². The van der Waals surface area contributed by atoms with Gasteiger partial charge in [0.15, 0.2) is 0 Å². The third-order valence-corrected chi connectivity index (χ3v) is 3.54. The van der Waals surface area contributed by atoms with Gasteiger partial charge in [0.2, 0.25) is 0 Å². The number of nitriles is 1. The maximum absolute atomic E-state index is 12.0. The van der Waals surface area contributed by atoms with Gasteiger partial charge in [0.05, 0.1) is 0 Å². The molecule has 6 nitrogen and oxygen atoms in total. The summed E-state index contributed by atoms with van der Waals surface area (Å²) in [7, 11) is 0. The summed E-state index contributed by atoms with van der Waals surface area (Å²) in [4.78, 5) is 12.0. The van der Waals surface area contributed by atoms with Crippen LogP contribution in [-0.4, -0.2) is 25.7 Å². The van der Waals surface area contributed by atoms with E-state index in [-0.39, 0.29) is 5.57 Å². The summed E-state index contributed by atoms with van der Waals surface area (Å²) < 4.78 is 10.9. The van der Waals surface area contributed by atoms with E-state index in [1.807, 2.05) is 67.6 Å². The number of nitrogens with zero attached hydrogens (tertiary/aromatic N) is 1. The van der Waals surface area contributed by atoms with Crippen molar-refractivity contribution in [3.8, 4) is 17.6 Å². The smallest absolute Gasteiger partial charge is 0.263 e. The van der Waals surface area contributed by atoms with Gasteiger partial charge in [0.25, 0.3) is 5.91 Å². The van der Waals surface area contributed by atoms with E-state index in [4.69, 9.17) is 14.7 Å². The summed E-state index contributed by atoms with van der Waals surface area (Å²) in [5.41, 5.74) is 0.753. The van der Waals surface area contributed by atoms with Crippen LogP contribution in [0.3, 0.4) is 0 Å². The van der Waals surface area contributed by atoms with E-state index >= 15 is 0 Å². The molecule has 0 fully saturated rings. The molecule has 6 heteroatoms. The molecule has 0 atom stereocenters. The molecule has 0 aliphatic carbocycles. The number of ether oxygens (including phenoxy) is 2. The number of benzene rings is 2. The molecule has 0 aliphatic heterocycles. The first-order valence-electron chi connectivity index (χ1n) is 8.78. The lowest BCUT2D eigenvalue weighted by Gasteiger charge is -2.07. The molecule has 2 N–H and O–H groups in total. The molecule has 0 radical (unpaired) electrons. The number of rotatable bonds is 10. The minimum absolute atomic E-state index is 0.0102. The van der Waals surface area contributed by atoms with Crippen molar-refractivity contribution in [2.45, 2.75) is 13.3 Å². The normalized spacial score (nSPS) is 10.7. The Balaban J connectivity index is 1.85. The van der Waals surface area contributed by atoms with Gasteiger partial charge in [-0.1, -0.05) is 18.2 Å². The van der Waals surface area contributed by atoms with Crippen molar-refractivity contribution in [3.05, 3.63) is 66.4 Å². The minimum atomic E-state index is -0.412. The Labute approximate surface area is 159 Å². The van der Waals surface area contributed by atoms with E-state index in [1.54, 1.807) is 0 Å². The van der Waals surface area contributed by atoms with Gasteiger partial charge in [-0.05, 0) is 49.7 Å². The quantitative estimate of drug-likeness (QED) is 0.380. The number of carbonyl (C=O) groups is 1. The Morgan fingerprint density at radius 2 is 1.81 bits per heavy atom. The molecule has 0 saturated heterocycles. The highest BCUT2D eigenvalue weighted by atomic mass is 16.5. The van der Waals surface area contributed by atoms with Crippen LogP contribution in [0.2, 0.25) is 0 Å². The summed E-state index contributed by atoms with van der Waals surface area (Å²) in [6.45, 7) is 3.61. The molecule has 140 valence electrons. The van der Waals surface area contributed by atoms with E-state index in [9.17, 15) is 4.79 Å². The van der Waals surface area contributed by atoms with Gasteiger partial charge in [0.1, 0.15) is 23.1 Å². The zero-order chi connectivity index (χ0) is 19.3. The van der Waals surface area contributed by atoms with Crippen LogP contribution in [0, 0.1) is 11.3 Å². The summed E-state index contributed by atoms with van der Waals surface area (Å²) in [6.07, 6.45) is 2.10. The first-order chi connectivity index (χ1) is 13.2. The lowest BCUT2D eigenvalue weighted by atomic mass is 10.2. The van der Waals surface area contributed by atoms with E-state index in [2.05, 4.69) is 10.6 Å². The molecule has 0 spiro atoms. The summed E-state index contributed by atoms with van der Waals surface area (Å²) in [5, 5.41) is 14.8. The fourth-order valence-corrected chi connectivity index (χ4v) is 2.16. The van der Waals surface area contributed by atoms with Gasteiger partial charge in [-0.2, -0.15) is 5.26 Å². The van der Waals surface area contributed by atoms with Gasteiger partial charge in [-0.3, -0.25) is 4.79 Å². The molecule has 0 saturated carbocycles. The predicted octanol–water partition coefficient (Wildman–Crippen LogP) is 3.84. The lowest BCUT2D eigenvalue weighted by Crippen LogP contribution is -2.26. The van der Waals surface area contributed by atoms with E-state index in [0.29, 0.717) is 31.9 Å². The van der Waals surface area contributed by atoms with Crippen LogP contribution in [0.15, 0.2) is 66.4 Å².